The third-order valence-electron chi connectivity index (χ3n) is 3.66. The van der Waals surface area contributed by atoms with Gasteiger partial charge in [-0.15, -0.1) is 0 Å². The number of halogens is 1. The van der Waals surface area contributed by atoms with Gasteiger partial charge in [0.2, 0.25) is 5.78 Å². The third kappa shape index (κ3) is 2.55. The number of imidazole rings is 1. The molecule has 0 saturated carbocycles. The Labute approximate surface area is 128 Å². The maximum Gasteiger partial charge on any atom is 0.228 e. The molecular formula is C18H15FN2O. The molecule has 0 aliphatic carbocycles. The first-order valence-corrected chi connectivity index (χ1v) is 6.95. The Balaban J connectivity index is 2.05. The number of aromatic nitrogens is 2. The van der Waals surface area contributed by atoms with Gasteiger partial charge < -0.3 is 4.57 Å². The Hall–Kier alpha value is -2.75. The molecule has 110 valence electrons. The molecule has 0 aliphatic rings. The number of nitrogens with zero attached hydrogens (tertiary/aromatic N) is 2. The van der Waals surface area contributed by atoms with Gasteiger partial charge in [0.15, 0.2) is 5.82 Å². The predicted octanol–water partition coefficient (Wildman–Crippen LogP) is 3.77. The van der Waals surface area contributed by atoms with E-state index in [4.69, 9.17) is 0 Å². The highest BCUT2D eigenvalue weighted by molar-refractivity contribution is 6.07. The summed E-state index contributed by atoms with van der Waals surface area (Å²) >= 11 is 0. The van der Waals surface area contributed by atoms with E-state index < -0.39 is 0 Å². The van der Waals surface area contributed by atoms with Crippen LogP contribution in [0.3, 0.4) is 0 Å². The summed E-state index contributed by atoms with van der Waals surface area (Å²) in [6.07, 6.45) is 3.32. The lowest BCUT2D eigenvalue weighted by molar-refractivity contribution is 0.102. The van der Waals surface area contributed by atoms with Gasteiger partial charge in [0, 0.05) is 25.0 Å². The SMILES string of the molecule is Cc1ccc(F)cc1-c1cccc(C(=O)c2nccn2C)c1. The van der Waals surface area contributed by atoms with E-state index in [1.165, 1.54) is 12.1 Å². The van der Waals surface area contributed by atoms with Gasteiger partial charge in [-0.1, -0.05) is 24.3 Å². The number of ketones is 1. The van der Waals surface area contributed by atoms with Crippen LogP contribution in [0.15, 0.2) is 54.9 Å². The lowest BCUT2D eigenvalue weighted by atomic mass is 9.97. The summed E-state index contributed by atoms with van der Waals surface area (Å²) in [6.45, 7) is 1.92. The summed E-state index contributed by atoms with van der Waals surface area (Å²) < 4.78 is 15.2. The van der Waals surface area contributed by atoms with Crippen LogP contribution in [0.2, 0.25) is 0 Å². The first-order chi connectivity index (χ1) is 10.6. The molecule has 0 unspecified atom stereocenters. The number of rotatable bonds is 3. The molecule has 2 aromatic carbocycles. The minimum atomic E-state index is -0.290. The van der Waals surface area contributed by atoms with Crippen LogP contribution in [0.4, 0.5) is 4.39 Å². The average molecular weight is 294 g/mol. The molecule has 0 aliphatic heterocycles. The fourth-order valence-corrected chi connectivity index (χ4v) is 2.45. The second-order valence-electron chi connectivity index (χ2n) is 5.23. The molecule has 0 atom stereocenters. The van der Waals surface area contributed by atoms with Crippen LogP contribution in [0, 0.1) is 12.7 Å². The van der Waals surface area contributed by atoms with Gasteiger partial charge in [0.25, 0.3) is 0 Å². The zero-order chi connectivity index (χ0) is 15.7. The molecular weight excluding hydrogens is 279 g/mol. The van der Waals surface area contributed by atoms with Crippen molar-refractivity contribution in [1.29, 1.82) is 0 Å². The van der Waals surface area contributed by atoms with Crippen LogP contribution in [-0.2, 0) is 7.05 Å². The molecule has 3 aromatic rings. The van der Waals surface area contributed by atoms with Gasteiger partial charge in [0.1, 0.15) is 5.82 Å². The zero-order valence-electron chi connectivity index (χ0n) is 12.4. The van der Waals surface area contributed by atoms with Crippen LogP contribution >= 0.6 is 0 Å². The van der Waals surface area contributed by atoms with Gasteiger partial charge in [-0.3, -0.25) is 4.79 Å². The Kier molecular flexibility index (Phi) is 3.59. The smallest absolute Gasteiger partial charge is 0.228 e. The minimum absolute atomic E-state index is 0.150. The summed E-state index contributed by atoms with van der Waals surface area (Å²) in [6, 6.07) is 11.8. The second-order valence-corrected chi connectivity index (χ2v) is 5.23. The molecule has 3 rings (SSSR count). The number of benzene rings is 2. The first kappa shape index (κ1) is 14.2. The molecule has 22 heavy (non-hydrogen) atoms. The van der Waals surface area contributed by atoms with Crippen LogP contribution in [-0.4, -0.2) is 15.3 Å². The highest BCUT2D eigenvalue weighted by atomic mass is 19.1. The minimum Gasteiger partial charge on any atom is -0.331 e. The predicted molar refractivity (Wildman–Crippen MR) is 83.2 cm³/mol. The van der Waals surface area contributed by atoms with Crippen molar-refractivity contribution in [3.05, 3.63) is 77.6 Å². The Bertz CT molecular complexity index is 852. The Morgan fingerprint density at radius 2 is 2.00 bits per heavy atom. The lowest BCUT2D eigenvalue weighted by Crippen LogP contribution is -2.08. The fraction of sp³-hybridized carbons (Fsp3) is 0.111. The summed E-state index contributed by atoms with van der Waals surface area (Å²) in [4.78, 5) is 16.6. The monoisotopic (exact) mass is 294 g/mol. The second kappa shape index (κ2) is 5.56. The van der Waals surface area contributed by atoms with Crippen molar-refractivity contribution < 1.29 is 9.18 Å². The van der Waals surface area contributed by atoms with Crippen molar-refractivity contribution in [2.45, 2.75) is 6.92 Å². The maximum absolute atomic E-state index is 13.5. The molecule has 0 fully saturated rings. The molecule has 0 radical (unpaired) electrons. The molecule has 3 nitrogen and oxygen atoms in total. The molecule has 0 saturated heterocycles. The van der Waals surface area contributed by atoms with E-state index in [9.17, 15) is 9.18 Å². The summed E-state index contributed by atoms with van der Waals surface area (Å²) in [5.41, 5.74) is 3.10. The van der Waals surface area contributed by atoms with Crippen LogP contribution in [0.25, 0.3) is 11.1 Å². The van der Waals surface area contributed by atoms with Gasteiger partial charge >= 0.3 is 0 Å². The normalized spacial score (nSPS) is 10.7. The van der Waals surface area contributed by atoms with Crippen molar-refractivity contribution in [1.82, 2.24) is 9.55 Å². The average Bonchev–Trinajstić information content (AvgIpc) is 2.95. The number of carbonyl (C=O) groups is 1. The Morgan fingerprint density at radius 1 is 1.18 bits per heavy atom. The van der Waals surface area contributed by atoms with Gasteiger partial charge in [-0.05, 0) is 41.8 Å². The van der Waals surface area contributed by atoms with Crippen molar-refractivity contribution in [3.8, 4) is 11.1 Å². The van der Waals surface area contributed by atoms with Gasteiger partial charge in [0.05, 0.1) is 0 Å². The highest BCUT2D eigenvalue weighted by Gasteiger charge is 2.14. The number of carbonyl (C=O) groups excluding carboxylic acids is 1. The topological polar surface area (TPSA) is 34.9 Å². The van der Waals surface area contributed by atoms with E-state index in [1.54, 1.807) is 48.3 Å². The maximum atomic E-state index is 13.5. The number of hydrogen-bond donors (Lipinski definition) is 0. The number of hydrogen-bond acceptors (Lipinski definition) is 2. The van der Waals surface area contributed by atoms with Crippen LogP contribution in [0.5, 0.6) is 0 Å². The summed E-state index contributed by atoms with van der Waals surface area (Å²) in [5.74, 6) is -0.0575. The van der Waals surface area contributed by atoms with Crippen LogP contribution < -0.4 is 0 Å². The summed E-state index contributed by atoms with van der Waals surface area (Å²) in [7, 11) is 1.78. The molecule has 0 bridgehead atoms. The van der Waals surface area contributed by atoms with Crippen LogP contribution in [0.1, 0.15) is 21.7 Å². The molecule has 1 heterocycles. The van der Waals surface area contributed by atoms with Crippen molar-refractivity contribution >= 4 is 5.78 Å². The van der Waals surface area contributed by atoms with Crippen molar-refractivity contribution in [2.75, 3.05) is 0 Å². The summed E-state index contributed by atoms with van der Waals surface area (Å²) in [5, 5.41) is 0. The Morgan fingerprint density at radius 3 is 2.73 bits per heavy atom. The van der Waals surface area contributed by atoms with E-state index in [0.29, 0.717) is 11.4 Å². The molecule has 4 heteroatoms. The standard InChI is InChI=1S/C18H15FN2O/c1-12-6-7-15(19)11-16(12)13-4-3-5-14(10-13)17(22)18-20-8-9-21(18)2/h3-11H,1-2H3. The van der Waals surface area contributed by atoms with Gasteiger partial charge in [-0.2, -0.15) is 0 Å². The molecule has 1 aromatic heterocycles. The van der Waals surface area contributed by atoms with E-state index >= 15 is 0 Å². The zero-order valence-corrected chi connectivity index (χ0v) is 12.4. The fourth-order valence-electron chi connectivity index (χ4n) is 2.45. The van der Waals surface area contributed by atoms with Crippen molar-refractivity contribution in [3.63, 3.8) is 0 Å². The molecule has 0 spiro atoms. The third-order valence-corrected chi connectivity index (χ3v) is 3.66. The van der Waals surface area contributed by atoms with E-state index in [2.05, 4.69) is 4.98 Å². The highest BCUT2D eigenvalue weighted by Crippen LogP contribution is 2.25. The van der Waals surface area contributed by atoms with E-state index in [-0.39, 0.29) is 11.6 Å². The lowest BCUT2D eigenvalue weighted by Gasteiger charge is -2.08. The quantitative estimate of drug-likeness (QED) is 0.689. The molecule has 0 amide bonds. The van der Waals surface area contributed by atoms with Crippen molar-refractivity contribution in [2.24, 2.45) is 7.05 Å². The van der Waals surface area contributed by atoms with E-state index in [0.717, 1.165) is 16.7 Å². The van der Waals surface area contributed by atoms with Gasteiger partial charge in [-0.25, -0.2) is 9.37 Å². The number of aryl methyl sites for hydroxylation is 2. The first-order valence-electron chi connectivity index (χ1n) is 6.95. The van der Waals surface area contributed by atoms with E-state index in [1.807, 2.05) is 13.0 Å². The molecule has 0 N–H and O–H groups in total. The largest absolute Gasteiger partial charge is 0.331 e.